The van der Waals surface area contributed by atoms with Crippen LogP contribution in [0.15, 0.2) is 24.3 Å². The van der Waals surface area contributed by atoms with Crippen molar-refractivity contribution in [2.24, 2.45) is 0 Å². The van der Waals surface area contributed by atoms with Crippen LogP contribution in [0, 0.1) is 11.8 Å². The van der Waals surface area contributed by atoms with Gasteiger partial charge in [-0.3, -0.25) is 0 Å². The van der Waals surface area contributed by atoms with E-state index in [0.717, 1.165) is 11.3 Å². The summed E-state index contributed by atoms with van der Waals surface area (Å²) in [5.74, 6) is 5.43. The fourth-order valence-electron chi connectivity index (χ4n) is 1.25. The molecule has 0 radical (unpaired) electrons. The SMILES string of the molecule is CCOC(=O)C#Cc1ccc(OC(C)(C)C)cc1. The topological polar surface area (TPSA) is 35.5 Å². The number of hydrogen-bond acceptors (Lipinski definition) is 3. The summed E-state index contributed by atoms with van der Waals surface area (Å²) >= 11 is 0. The van der Waals surface area contributed by atoms with Crippen LogP contribution in [-0.2, 0) is 9.53 Å². The minimum absolute atomic E-state index is 0.224. The predicted molar refractivity (Wildman–Crippen MR) is 70.3 cm³/mol. The number of benzene rings is 1. The Bertz CT molecular complexity index is 455. The standard InChI is InChI=1S/C15H18O3/c1-5-17-14(16)11-8-12-6-9-13(10-7-12)18-15(2,3)4/h6-7,9-10H,5H2,1-4H3. The highest BCUT2D eigenvalue weighted by Crippen LogP contribution is 2.18. The van der Waals surface area contributed by atoms with Gasteiger partial charge in [-0.1, -0.05) is 5.92 Å². The number of rotatable bonds is 2. The molecule has 3 heteroatoms. The number of carbonyl (C=O) groups excluding carboxylic acids is 1. The maximum absolute atomic E-state index is 11.1. The van der Waals surface area contributed by atoms with E-state index in [1.807, 2.05) is 45.0 Å². The lowest BCUT2D eigenvalue weighted by molar-refractivity contribution is -0.136. The molecule has 0 heterocycles. The number of carbonyl (C=O) groups is 1. The fourth-order valence-corrected chi connectivity index (χ4v) is 1.25. The molecule has 0 atom stereocenters. The Hall–Kier alpha value is -1.95. The summed E-state index contributed by atoms with van der Waals surface area (Å²) in [6, 6.07) is 7.29. The van der Waals surface area contributed by atoms with E-state index in [1.165, 1.54) is 0 Å². The van der Waals surface area contributed by atoms with Gasteiger partial charge in [0.05, 0.1) is 6.61 Å². The third-order valence-electron chi connectivity index (χ3n) is 1.86. The van der Waals surface area contributed by atoms with Gasteiger partial charge in [-0.25, -0.2) is 4.79 Å². The lowest BCUT2D eigenvalue weighted by Crippen LogP contribution is -2.22. The minimum Gasteiger partial charge on any atom is -0.488 e. The molecular formula is C15H18O3. The zero-order valence-corrected chi connectivity index (χ0v) is 11.2. The highest BCUT2D eigenvalue weighted by Gasteiger charge is 2.10. The van der Waals surface area contributed by atoms with E-state index in [1.54, 1.807) is 6.92 Å². The van der Waals surface area contributed by atoms with Crippen molar-refractivity contribution in [2.45, 2.75) is 33.3 Å². The fraction of sp³-hybridized carbons (Fsp3) is 0.400. The van der Waals surface area contributed by atoms with Crippen LogP contribution in [0.4, 0.5) is 0 Å². The van der Waals surface area contributed by atoms with Crippen LogP contribution in [-0.4, -0.2) is 18.2 Å². The molecule has 0 saturated heterocycles. The molecule has 0 unspecified atom stereocenters. The lowest BCUT2D eigenvalue weighted by Gasteiger charge is -2.21. The second kappa shape index (κ2) is 6.11. The van der Waals surface area contributed by atoms with Crippen LogP contribution in [0.3, 0.4) is 0 Å². The van der Waals surface area contributed by atoms with Crippen molar-refractivity contribution in [3.63, 3.8) is 0 Å². The normalized spacial score (nSPS) is 10.2. The van der Waals surface area contributed by atoms with Crippen LogP contribution in [0.25, 0.3) is 0 Å². The molecule has 0 aliphatic heterocycles. The van der Waals surface area contributed by atoms with E-state index >= 15 is 0 Å². The molecule has 0 aliphatic rings. The highest BCUT2D eigenvalue weighted by atomic mass is 16.5. The van der Waals surface area contributed by atoms with Crippen LogP contribution in [0.2, 0.25) is 0 Å². The Kier molecular flexibility index (Phi) is 4.79. The van der Waals surface area contributed by atoms with Gasteiger partial charge in [-0.15, -0.1) is 0 Å². The van der Waals surface area contributed by atoms with Gasteiger partial charge in [-0.05, 0) is 52.0 Å². The van der Waals surface area contributed by atoms with Crippen molar-refractivity contribution in [2.75, 3.05) is 6.61 Å². The molecule has 0 fully saturated rings. The monoisotopic (exact) mass is 246 g/mol. The summed E-state index contributed by atoms with van der Waals surface area (Å²) in [6.07, 6.45) is 0. The lowest BCUT2D eigenvalue weighted by atomic mass is 10.2. The van der Waals surface area contributed by atoms with Gasteiger partial charge in [0.2, 0.25) is 0 Å². The Labute approximate surface area is 108 Å². The molecule has 1 aromatic rings. The number of ether oxygens (including phenoxy) is 2. The van der Waals surface area contributed by atoms with Gasteiger partial charge >= 0.3 is 5.97 Å². The minimum atomic E-state index is -0.507. The summed E-state index contributed by atoms with van der Waals surface area (Å²) in [5.41, 5.74) is 0.530. The Morgan fingerprint density at radius 3 is 2.33 bits per heavy atom. The quantitative estimate of drug-likeness (QED) is 0.594. The summed E-state index contributed by atoms with van der Waals surface area (Å²) < 4.78 is 10.4. The average molecular weight is 246 g/mol. The first kappa shape index (κ1) is 14.1. The van der Waals surface area contributed by atoms with Gasteiger partial charge in [0.1, 0.15) is 11.4 Å². The van der Waals surface area contributed by atoms with Crippen LogP contribution >= 0.6 is 0 Å². The molecule has 1 aromatic carbocycles. The first-order valence-corrected chi connectivity index (χ1v) is 5.88. The number of hydrogen-bond donors (Lipinski definition) is 0. The van der Waals surface area contributed by atoms with Crippen molar-refractivity contribution in [3.05, 3.63) is 29.8 Å². The van der Waals surface area contributed by atoms with Crippen molar-refractivity contribution in [1.29, 1.82) is 0 Å². The maximum atomic E-state index is 11.1. The second-order valence-corrected chi connectivity index (χ2v) is 4.71. The molecule has 18 heavy (non-hydrogen) atoms. The summed E-state index contributed by atoms with van der Waals surface area (Å²) in [7, 11) is 0. The third-order valence-corrected chi connectivity index (χ3v) is 1.86. The molecule has 0 spiro atoms. The Balaban J connectivity index is 2.69. The van der Waals surface area contributed by atoms with Gasteiger partial charge in [0.25, 0.3) is 0 Å². The van der Waals surface area contributed by atoms with Crippen LogP contribution in [0.1, 0.15) is 33.3 Å². The molecule has 0 amide bonds. The van der Waals surface area contributed by atoms with E-state index in [4.69, 9.17) is 9.47 Å². The molecule has 0 saturated carbocycles. The first-order valence-electron chi connectivity index (χ1n) is 5.88. The van der Waals surface area contributed by atoms with Crippen molar-refractivity contribution >= 4 is 5.97 Å². The largest absolute Gasteiger partial charge is 0.488 e. The first-order chi connectivity index (χ1) is 8.40. The molecule has 96 valence electrons. The highest BCUT2D eigenvalue weighted by molar-refractivity contribution is 5.89. The third kappa shape index (κ3) is 5.40. The molecule has 1 rings (SSSR count). The van der Waals surface area contributed by atoms with Crippen LogP contribution in [0.5, 0.6) is 5.75 Å². The van der Waals surface area contributed by atoms with Gasteiger partial charge < -0.3 is 9.47 Å². The zero-order valence-electron chi connectivity index (χ0n) is 11.2. The molecule has 3 nitrogen and oxygen atoms in total. The smallest absolute Gasteiger partial charge is 0.384 e. The molecule has 0 aromatic heterocycles. The average Bonchev–Trinajstić information content (AvgIpc) is 2.26. The summed E-state index contributed by atoms with van der Waals surface area (Å²) in [5, 5.41) is 0. The Morgan fingerprint density at radius 2 is 1.83 bits per heavy atom. The van der Waals surface area contributed by atoms with Crippen molar-refractivity contribution in [1.82, 2.24) is 0 Å². The van der Waals surface area contributed by atoms with Gasteiger partial charge in [0, 0.05) is 11.5 Å². The molecular weight excluding hydrogens is 228 g/mol. The summed E-state index contributed by atoms with van der Waals surface area (Å²) in [6.45, 7) is 8.05. The zero-order chi connectivity index (χ0) is 13.6. The van der Waals surface area contributed by atoms with E-state index in [-0.39, 0.29) is 5.60 Å². The van der Waals surface area contributed by atoms with E-state index in [2.05, 4.69) is 11.8 Å². The van der Waals surface area contributed by atoms with Crippen molar-refractivity contribution < 1.29 is 14.3 Å². The molecule has 0 bridgehead atoms. The Morgan fingerprint density at radius 1 is 1.22 bits per heavy atom. The maximum Gasteiger partial charge on any atom is 0.384 e. The van der Waals surface area contributed by atoms with E-state index in [9.17, 15) is 4.79 Å². The van der Waals surface area contributed by atoms with Gasteiger partial charge in [0.15, 0.2) is 0 Å². The van der Waals surface area contributed by atoms with Crippen LogP contribution < -0.4 is 4.74 Å². The molecule has 0 aliphatic carbocycles. The van der Waals surface area contributed by atoms with Gasteiger partial charge in [-0.2, -0.15) is 0 Å². The second-order valence-electron chi connectivity index (χ2n) is 4.71. The van der Waals surface area contributed by atoms with E-state index < -0.39 is 5.97 Å². The predicted octanol–water partition coefficient (Wildman–Crippen LogP) is 2.78. The molecule has 0 N–H and O–H groups in total. The summed E-state index contributed by atoms with van der Waals surface area (Å²) in [4.78, 5) is 11.1. The van der Waals surface area contributed by atoms with E-state index in [0.29, 0.717) is 6.61 Å². The van der Waals surface area contributed by atoms with Crippen molar-refractivity contribution in [3.8, 4) is 17.6 Å². The number of esters is 1.